The quantitative estimate of drug-likeness (QED) is 0.309. The van der Waals surface area contributed by atoms with Crippen LogP contribution in [0.15, 0.2) is 36.7 Å². The third kappa shape index (κ3) is 7.20. The maximum absolute atomic E-state index is 14.0. The average molecular weight is 605 g/mol. The largest absolute Gasteiger partial charge is 0.481 e. The number of ether oxygens (including phenoxy) is 1. The molecule has 1 aromatic heterocycles. The van der Waals surface area contributed by atoms with Crippen LogP contribution in [-0.4, -0.2) is 102 Å². The Morgan fingerprint density at radius 1 is 1.09 bits per heavy atom. The van der Waals surface area contributed by atoms with Crippen molar-refractivity contribution in [2.45, 2.75) is 75.0 Å². The molecule has 3 unspecified atom stereocenters. The maximum Gasteiger partial charge on any atom is 0.336 e. The third-order valence-electron chi connectivity index (χ3n) is 8.44. The van der Waals surface area contributed by atoms with Crippen LogP contribution in [0.1, 0.15) is 49.7 Å². The summed E-state index contributed by atoms with van der Waals surface area (Å²) in [6.45, 7) is 1.87. The number of piperidine rings is 1. The molecule has 234 valence electrons. The summed E-state index contributed by atoms with van der Waals surface area (Å²) in [6.07, 6.45) is 5.31. The maximum atomic E-state index is 14.0. The second-order valence-corrected chi connectivity index (χ2v) is 11.7. The van der Waals surface area contributed by atoms with Gasteiger partial charge in [-0.25, -0.2) is 9.18 Å². The van der Waals surface area contributed by atoms with E-state index in [4.69, 9.17) is 25.2 Å². The Bertz CT molecular complexity index is 1320. The van der Waals surface area contributed by atoms with Gasteiger partial charge in [0.05, 0.1) is 37.5 Å². The van der Waals surface area contributed by atoms with Gasteiger partial charge in [-0.2, -0.15) is 5.10 Å². The van der Waals surface area contributed by atoms with Crippen molar-refractivity contribution < 1.29 is 48.7 Å². The number of hydrogen-bond acceptors (Lipinski definition) is 8. The lowest BCUT2D eigenvalue weighted by Crippen LogP contribution is -2.52. The topological polar surface area (TPSA) is 183 Å². The van der Waals surface area contributed by atoms with E-state index in [1.54, 1.807) is 17.2 Å². The molecule has 2 fully saturated rings. The summed E-state index contributed by atoms with van der Waals surface area (Å²) < 4.78 is 22.2. The minimum atomic E-state index is -2.74. The molecular weight excluding hydrogens is 567 g/mol. The molecule has 3 aliphatic rings. The first-order valence-corrected chi connectivity index (χ1v) is 14.0. The smallest absolute Gasteiger partial charge is 0.336 e. The van der Waals surface area contributed by atoms with Crippen molar-refractivity contribution in [3.8, 4) is 0 Å². The van der Waals surface area contributed by atoms with Gasteiger partial charge in [-0.15, -0.1) is 0 Å². The van der Waals surface area contributed by atoms with Crippen molar-refractivity contribution in [2.24, 2.45) is 5.92 Å². The van der Waals surface area contributed by atoms with E-state index >= 15 is 0 Å². The summed E-state index contributed by atoms with van der Waals surface area (Å²) in [4.78, 5) is 47.6. The van der Waals surface area contributed by atoms with Crippen LogP contribution >= 0.6 is 0 Å². The SMILES string of the molecule is CN(C)C(=O)C(CN1C2CCC1CC1(C2)OCc2ccc(F)cc21)Cn1cccn1.O=C(O)CC(O)(CC(=O)O)C(=O)O. The van der Waals surface area contributed by atoms with E-state index in [2.05, 4.69) is 10.00 Å². The van der Waals surface area contributed by atoms with Gasteiger partial charge in [0.15, 0.2) is 5.60 Å². The van der Waals surface area contributed by atoms with E-state index in [0.29, 0.717) is 25.2 Å². The summed E-state index contributed by atoms with van der Waals surface area (Å²) >= 11 is 0. The van der Waals surface area contributed by atoms with Gasteiger partial charge >= 0.3 is 17.9 Å². The number of hydrogen-bond donors (Lipinski definition) is 4. The number of benzene rings is 1. The number of nitrogens with zero attached hydrogens (tertiary/aromatic N) is 4. The van der Waals surface area contributed by atoms with Crippen molar-refractivity contribution in [3.05, 3.63) is 53.6 Å². The third-order valence-corrected chi connectivity index (χ3v) is 8.44. The van der Waals surface area contributed by atoms with Gasteiger partial charge in [0.2, 0.25) is 5.91 Å². The van der Waals surface area contributed by atoms with E-state index in [-0.39, 0.29) is 23.2 Å². The van der Waals surface area contributed by atoms with Crippen LogP contribution < -0.4 is 0 Å². The fourth-order valence-electron chi connectivity index (χ4n) is 6.51. The Kier molecular flexibility index (Phi) is 9.52. The summed E-state index contributed by atoms with van der Waals surface area (Å²) in [5, 5.41) is 38.1. The van der Waals surface area contributed by atoms with Crippen LogP contribution in [0, 0.1) is 11.7 Å². The highest BCUT2D eigenvalue weighted by molar-refractivity contribution is 5.88. The normalized spacial score (nSPS) is 23.3. The number of amides is 1. The summed E-state index contributed by atoms with van der Waals surface area (Å²) in [5.74, 6) is -5.22. The molecule has 2 bridgehead atoms. The standard InChI is InChI=1S/C23H29FN4O2.C6H8O7/c1-26(2)22(29)17(13-27-9-3-8-25-27)14-28-19-6-7-20(28)12-23(11-19)21-10-18(24)5-4-16(21)15-30-23;7-3(8)1-6(13,5(11)12)2-4(9)10/h3-5,8-10,17,19-20H,6-7,11-15H2,1-2H3;13H,1-2H2,(H,7,8)(H,9,10)(H,11,12). The average Bonchev–Trinajstić information content (AvgIpc) is 3.60. The number of rotatable bonds is 10. The zero-order valence-corrected chi connectivity index (χ0v) is 24.1. The number of carbonyl (C=O) groups is 4. The molecule has 5 rings (SSSR count). The van der Waals surface area contributed by atoms with Crippen LogP contribution in [-0.2, 0) is 42.7 Å². The molecule has 1 aromatic carbocycles. The van der Waals surface area contributed by atoms with Crippen LogP contribution in [0.3, 0.4) is 0 Å². The monoisotopic (exact) mass is 604 g/mol. The van der Waals surface area contributed by atoms with Gasteiger partial charge in [0.1, 0.15) is 5.82 Å². The molecule has 43 heavy (non-hydrogen) atoms. The van der Waals surface area contributed by atoms with E-state index < -0.39 is 36.4 Å². The molecule has 2 saturated heterocycles. The lowest BCUT2D eigenvalue weighted by Gasteiger charge is -2.45. The number of carboxylic acid groups (broad SMARTS) is 3. The second kappa shape index (κ2) is 12.8. The van der Waals surface area contributed by atoms with E-state index in [1.807, 2.05) is 37.1 Å². The number of carbonyl (C=O) groups excluding carboxylic acids is 1. The Hall–Kier alpha value is -3.88. The van der Waals surface area contributed by atoms with Gasteiger partial charge in [0, 0.05) is 45.1 Å². The van der Waals surface area contributed by atoms with Gasteiger partial charge in [-0.3, -0.25) is 24.0 Å². The van der Waals surface area contributed by atoms with Gasteiger partial charge in [-0.1, -0.05) is 6.07 Å². The van der Waals surface area contributed by atoms with E-state index in [0.717, 1.165) is 43.4 Å². The Morgan fingerprint density at radius 3 is 2.23 bits per heavy atom. The van der Waals surface area contributed by atoms with Crippen LogP contribution in [0.4, 0.5) is 4.39 Å². The van der Waals surface area contributed by atoms with Gasteiger partial charge in [0.25, 0.3) is 0 Å². The van der Waals surface area contributed by atoms with Crippen LogP contribution in [0.5, 0.6) is 0 Å². The van der Waals surface area contributed by atoms with E-state index in [1.165, 1.54) is 6.07 Å². The number of aliphatic carboxylic acids is 3. The Balaban J connectivity index is 0.000000277. The lowest BCUT2D eigenvalue weighted by atomic mass is 9.79. The molecule has 2 aromatic rings. The minimum absolute atomic E-state index is 0.134. The fraction of sp³-hybridized carbons (Fsp3) is 0.552. The summed E-state index contributed by atoms with van der Waals surface area (Å²) in [7, 11) is 3.63. The van der Waals surface area contributed by atoms with Gasteiger partial charge < -0.3 is 30.1 Å². The van der Waals surface area contributed by atoms with Crippen molar-refractivity contribution in [3.63, 3.8) is 0 Å². The summed E-state index contributed by atoms with van der Waals surface area (Å²) in [5.41, 5.74) is -0.958. The molecule has 0 radical (unpaired) electrons. The first-order valence-electron chi connectivity index (χ1n) is 14.0. The van der Waals surface area contributed by atoms with Crippen molar-refractivity contribution >= 4 is 23.8 Å². The zero-order chi connectivity index (χ0) is 31.5. The Labute approximate surface area is 247 Å². The molecule has 4 N–H and O–H groups in total. The van der Waals surface area contributed by atoms with Gasteiger partial charge in [-0.05, 0) is 55.0 Å². The van der Waals surface area contributed by atoms with Crippen molar-refractivity contribution in [1.82, 2.24) is 19.6 Å². The molecule has 3 aliphatic heterocycles. The molecule has 1 spiro atoms. The first kappa shape index (κ1) is 32.0. The molecule has 0 aliphatic carbocycles. The molecular formula is C29H37FN4O9. The Morgan fingerprint density at radius 2 is 1.72 bits per heavy atom. The predicted octanol–water partition coefficient (Wildman–Crippen LogP) is 1.53. The molecule has 14 heteroatoms. The predicted molar refractivity (Wildman–Crippen MR) is 147 cm³/mol. The molecule has 1 amide bonds. The fourth-order valence-corrected chi connectivity index (χ4v) is 6.51. The number of halogens is 1. The van der Waals surface area contributed by atoms with Crippen LogP contribution in [0.25, 0.3) is 0 Å². The van der Waals surface area contributed by atoms with Crippen molar-refractivity contribution in [1.29, 1.82) is 0 Å². The lowest BCUT2D eigenvalue weighted by molar-refractivity contribution is -0.170. The number of aromatic nitrogens is 2. The number of fused-ring (bicyclic) bond motifs is 4. The second-order valence-electron chi connectivity index (χ2n) is 11.7. The summed E-state index contributed by atoms with van der Waals surface area (Å²) in [6, 6.07) is 7.66. The first-order chi connectivity index (χ1) is 20.2. The zero-order valence-electron chi connectivity index (χ0n) is 24.1. The highest BCUT2D eigenvalue weighted by atomic mass is 19.1. The molecule has 3 atom stereocenters. The van der Waals surface area contributed by atoms with Crippen molar-refractivity contribution in [2.75, 3.05) is 20.6 Å². The molecule has 0 saturated carbocycles. The van der Waals surface area contributed by atoms with Crippen LogP contribution in [0.2, 0.25) is 0 Å². The van der Waals surface area contributed by atoms with E-state index in [9.17, 15) is 23.6 Å². The number of carboxylic acids is 3. The number of aliphatic hydroxyl groups is 1. The minimum Gasteiger partial charge on any atom is -0.481 e. The molecule has 4 heterocycles. The highest BCUT2D eigenvalue weighted by Gasteiger charge is 2.53. The highest BCUT2D eigenvalue weighted by Crippen LogP contribution is 2.52. The molecule has 13 nitrogen and oxygen atoms in total.